The number of aromatic nitrogens is 4. The third-order valence-corrected chi connectivity index (χ3v) is 4.82. The Hall–Kier alpha value is -3.48. The molecule has 30 heavy (non-hydrogen) atoms. The zero-order valence-electron chi connectivity index (χ0n) is 17.4. The first-order valence-electron chi connectivity index (χ1n) is 10.1. The van der Waals surface area contributed by atoms with Gasteiger partial charge in [-0.15, -0.1) is 0 Å². The molecule has 154 valence electrons. The smallest absolute Gasteiger partial charge is 0.226 e. The summed E-state index contributed by atoms with van der Waals surface area (Å²) in [7, 11) is 0. The van der Waals surface area contributed by atoms with Crippen molar-refractivity contribution in [1.82, 2.24) is 19.7 Å². The molecule has 0 fully saturated rings. The third kappa shape index (κ3) is 4.40. The van der Waals surface area contributed by atoms with Gasteiger partial charge in [0.1, 0.15) is 6.33 Å². The first-order chi connectivity index (χ1) is 14.4. The monoisotopic (exact) mass is 403 g/mol. The largest absolute Gasteiger partial charge is 0.339 e. The fourth-order valence-electron chi connectivity index (χ4n) is 3.16. The van der Waals surface area contributed by atoms with Crippen molar-refractivity contribution in [2.75, 3.05) is 5.32 Å². The van der Waals surface area contributed by atoms with Gasteiger partial charge in [-0.1, -0.05) is 38.1 Å². The van der Waals surface area contributed by atoms with Gasteiger partial charge in [0, 0.05) is 29.6 Å². The predicted molar refractivity (Wildman–Crippen MR) is 116 cm³/mol. The number of para-hydroxylation sites is 2. The highest BCUT2D eigenvalue weighted by Crippen LogP contribution is 2.21. The maximum Gasteiger partial charge on any atom is 0.226 e. The van der Waals surface area contributed by atoms with Crippen LogP contribution in [0, 0.1) is 0 Å². The van der Waals surface area contributed by atoms with Gasteiger partial charge in [0.15, 0.2) is 5.82 Å². The van der Waals surface area contributed by atoms with Gasteiger partial charge in [0.2, 0.25) is 11.8 Å². The lowest BCUT2D eigenvalue weighted by atomic mass is 9.96. The molecule has 1 amide bonds. The Labute approximate surface area is 175 Å². The second-order valence-electron chi connectivity index (χ2n) is 8.31. The number of hydrogen-bond donors (Lipinski definition) is 1. The number of anilines is 1. The molecule has 0 radical (unpaired) electrons. The van der Waals surface area contributed by atoms with E-state index in [9.17, 15) is 4.79 Å². The third-order valence-electron chi connectivity index (χ3n) is 4.82. The minimum Gasteiger partial charge on any atom is -0.339 e. The van der Waals surface area contributed by atoms with Gasteiger partial charge in [-0.3, -0.25) is 9.36 Å². The number of nitrogens with zero attached hydrogens (tertiary/aromatic N) is 4. The van der Waals surface area contributed by atoms with E-state index in [2.05, 4.69) is 20.4 Å². The average molecular weight is 403 g/mol. The van der Waals surface area contributed by atoms with Gasteiger partial charge in [0.25, 0.3) is 0 Å². The van der Waals surface area contributed by atoms with Crippen molar-refractivity contribution < 1.29 is 9.32 Å². The summed E-state index contributed by atoms with van der Waals surface area (Å²) in [6.07, 6.45) is 3.43. The van der Waals surface area contributed by atoms with Crippen LogP contribution in [0.3, 0.4) is 0 Å². The highest BCUT2D eigenvalue weighted by molar-refractivity contribution is 5.90. The molecular formula is C23H25N5O2. The van der Waals surface area contributed by atoms with Crippen LogP contribution >= 0.6 is 0 Å². The Bertz CT molecular complexity index is 1150. The number of nitrogens with one attached hydrogen (secondary N) is 1. The van der Waals surface area contributed by atoms with E-state index < -0.39 is 0 Å². The lowest BCUT2D eigenvalue weighted by Crippen LogP contribution is -2.13. The lowest BCUT2D eigenvalue weighted by molar-refractivity contribution is -0.116. The summed E-state index contributed by atoms with van der Waals surface area (Å²) in [5.74, 6) is 1.23. The summed E-state index contributed by atoms with van der Waals surface area (Å²) in [5, 5.41) is 6.94. The molecule has 4 aromatic rings. The summed E-state index contributed by atoms with van der Waals surface area (Å²) in [4.78, 5) is 21.1. The van der Waals surface area contributed by atoms with Crippen molar-refractivity contribution in [2.24, 2.45) is 0 Å². The van der Waals surface area contributed by atoms with Gasteiger partial charge in [-0.2, -0.15) is 4.98 Å². The van der Waals surface area contributed by atoms with Crippen molar-refractivity contribution in [2.45, 2.75) is 45.4 Å². The highest BCUT2D eigenvalue weighted by atomic mass is 16.5. The minimum absolute atomic E-state index is 0.0357. The molecule has 2 heterocycles. The van der Waals surface area contributed by atoms with E-state index in [4.69, 9.17) is 4.52 Å². The number of imidazole rings is 1. The van der Waals surface area contributed by atoms with E-state index in [0.29, 0.717) is 31.0 Å². The van der Waals surface area contributed by atoms with Crippen LogP contribution in [0.2, 0.25) is 0 Å². The summed E-state index contributed by atoms with van der Waals surface area (Å²) in [6, 6.07) is 15.7. The van der Waals surface area contributed by atoms with Crippen LogP contribution in [0.15, 0.2) is 59.4 Å². The van der Waals surface area contributed by atoms with Crippen LogP contribution in [0.25, 0.3) is 16.7 Å². The number of rotatable bonds is 6. The maximum absolute atomic E-state index is 12.3. The first kappa shape index (κ1) is 19.8. The van der Waals surface area contributed by atoms with Gasteiger partial charge < -0.3 is 9.84 Å². The Morgan fingerprint density at radius 3 is 2.60 bits per heavy atom. The first-order valence-corrected chi connectivity index (χ1v) is 10.1. The van der Waals surface area contributed by atoms with E-state index in [1.165, 1.54) is 0 Å². The molecule has 4 rings (SSSR count). The molecule has 0 spiro atoms. The molecule has 2 aromatic heterocycles. The molecule has 7 nitrogen and oxygen atoms in total. The van der Waals surface area contributed by atoms with E-state index in [1.807, 2.05) is 73.9 Å². The normalized spacial score (nSPS) is 11.7. The van der Waals surface area contributed by atoms with Gasteiger partial charge >= 0.3 is 0 Å². The summed E-state index contributed by atoms with van der Waals surface area (Å²) < 4.78 is 7.30. The topological polar surface area (TPSA) is 85.8 Å². The lowest BCUT2D eigenvalue weighted by Gasteiger charge is -2.10. The highest BCUT2D eigenvalue weighted by Gasteiger charge is 2.20. The Kier molecular flexibility index (Phi) is 5.35. The van der Waals surface area contributed by atoms with Crippen molar-refractivity contribution in [3.63, 3.8) is 0 Å². The van der Waals surface area contributed by atoms with Gasteiger partial charge in [-0.05, 0) is 42.8 Å². The van der Waals surface area contributed by atoms with Crippen LogP contribution in [0.4, 0.5) is 5.69 Å². The number of fused-ring (bicyclic) bond motifs is 1. The molecule has 0 bridgehead atoms. The zero-order valence-corrected chi connectivity index (χ0v) is 17.4. The standard InChI is InChI=1S/C23H25N5O2/c1-23(2,3)22-26-21(30-27-22)10-6-9-20(29)25-16-11-13-17(14-12-16)28-15-24-18-7-4-5-8-19(18)28/h4-5,7-8,11-15H,6,9-10H2,1-3H3,(H,25,29). The summed E-state index contributed by atoms with van der Waals surface area (Å²) in [6.45, 7) is 6.11. The van der Waals surface area contributed by atoms with Crippen LogP contribution in [0.5, 0.6) is 0 Å². The van der Waals surface area contributed by atoms with Gasteiger partial charge in [-0.25, -0.2) is 4.98 Å². The van der Waals surface area contributed by atoms with Crippen LogP contribution in [-0.2, 0) is 16.6 Å². The molecule has 2 aromatic carbocycles. The number of benzene rings is 2. The molecule has 0 aliphatic heterocycles. The number of carbonyl (C=O) groups excluding carboxylic acids is 1. The quantitative estimate of drug-likeness (QED) is 0.506. The second-order valence-corrected chi connectivity index (χ2v) is 8.31. The molecule has 0 aliphatic rings. The Balaban J connectivity index is 1.31. The molecule has 0 saturated heterocycles. The molecule has 0 saturated carbocycles. The van der Waals surface area contributed by atoms with Crippen LogP contribution in [0.1, 0.15) is 45.3 Å². The van der Waals surface area contributed by atoms with E-state index >= 15 is 0 Å². The zero-order chi connectivity index (χ0) is 21.1. The van der Waals surface area contributed by atoms with Crippen molar-refractivity contribution in [1.29, 1.82) is 0 Å². The molecule has 0 atom stereocenters. The molecular weight excluding hydrogens is 378 g/mol. The summed E-state index contributed by atoms with van der Waals surface area (Å²) in [5.41, 5.74) is 3.61. The molecule has 1 N–H and O–H groups in total. The SMILES string of the molecule is CC(C)(C)c1noc(CCCC(=O)Nc2ccc(-n3cnc4ccccc43)cc2)n1. The minimum atomic E-state index is -0.145. The Morgan fingerprint density at radius 2 is 1.87 bits per heavy atom. The summed E-state index contributed by atoms with van der Waals surface area (Å²) >= 11 is 0. The molecule has 7 heteroatoms. The number of hydrogen-bond acceptors (Lipinski definition) is 5. The van der Waals surface area contributed by atoms with E-state index in [-0.39, 0.29) is 11.3 Å². The van der Waals surface area contributed by atoms with Crippen LogP contribution < -0.4 is 5.32 Å². The molecule has 0 aliphatic carbocycles. The van der Waals surface area contributed by atoms with Gasteiger partial charge in [0.05, 0.1) is 11.0 Å². The average Bonchev–Trinajstić information content (AvgIpc) is 3.36. The number of carbonyl (C=O) groups is 1. The van der Waals surface area contributed by atoms with Crippen molar-refractivity contribution >= 4 is 22.6 Å². The molecule has 0 unspecified atom stereocenters. The van der Waals surface area contributed by atoms with E-state index in [0.717, 1.165) is 22.4 Å². The van der Waals surface area contributed by atoms with Crippen molar-refractivity contribution in [3.8, 4) is 5.69 Å². The predicted octanol–water partition coefficient (Wildman–Crippen LogP) is 4.67. The maximum atomic E-state index is 12.3. The second kappa shape index (κ2) is 8.10. The van der Waals surface area contributed by atoms with E-state index in [1.54, 1.807) is 6.33 Å². The van der Waals surface area contributed by atoms with Crippen molar-refractivity contribution in [3.05, 3.63) is 66.6 Å². The van der Waals surface area contributed by atoms with Crippen LogP contribution in [-0.4, -0.2) is 25.6 Å². The number of aryl methyl sites for hydroxylation is 1. The number of amides is 1. The Morgan fingerprint density at radius 1 is 1.10 bits per heavy atom. The fourth-order valence-corrected chi connectivity index (χ4v) is 3.16. The fraction of sp³-hybridized carbons (Fsp3) is 0.304.